The monoisotopic (exact) mass is 1330 g/mol. The van der Waals surface area contributed by atoms with E-state index in [9.17, 15) is 35.1 Å². The summed E-state index contributed by atoms with van der Waals surface area (Å²) >= 11 is 0. The third-order valence-electron chi connectivity index (χ3n) is 15.9. The molecule has 0 saturated carbocycles. The molecule has 91 heavy (non-hydrogen) atoms. The lowest BCUT2D eigenvalue weighted by Gasteiger charge is -2.45. The Balaban J connectivity index is 0.000000411. The summed E-state index contributed by atoms with van der Waals surface area (Å²) < 4.78 is 442. The van der Waals surface area contributed by atoms with Crippen molar-refractivity contribution in [1.82, 2.24) is 0 Å². The van der Waals surface area contributed by atoms with E-state index in [1.54, 1.807) is 4.90 Å². The molecule has 0 spiro atoms. The molecule has 0 aliphatic rings. The van der Waals surface area contributed by atoms with E-state index in [0.29, 0.717) is 0 Å². The van der Waals surface area contributed by atoms with Gasteiger partial charge in [-0.3, -0.25) is 0 Å². The summed E-state index contributed by atoms with van der Waals surface area (Å²) in [6.07, 6.45) is 9.19. The largest absolute Gasteiger partial charge is 0.305 e. The second-order valence-electron chi connectivity index (χ2n) is 21.1. The number of para-hydroxylation sites is 1. The molecule has 9 aromatic carbocycles. The molecule has 0 bridgehead atoms. The Labute approximate surface area is 494 Å². The Morgan fingerprint density at radius 1 is 0.231 bits per heavy atom. The Morgan fingerprint density at radius 3 is 0.637 bits per heavy atom. The van der Waals surface area contributed by atoms with Crippen molar-refractivity contribution in [3.05, 3.63) is 193 Å². The van der Waals surface area contributed by atoms with Crippen molar-refractivity contribution in [3.8, 4) is 0 Å². The van der Waals surface area contributed by atoms with Crippen molar-refractivity contribution in [3.63, 3.8) is 0 Å². The number of rotatable bonds is 18. The summed E-state index contributed by atoms with van der Waals surface area (Å²) in [7, 11) is 2.29. The Hall–Kier alpha value is -7.92. The molecule has 0 aliphatic heterocycles. The van der Waals surface area contributed by atoms with Crippen LogP contribution in [0.3, 0.4) is 0 Å². The average molecular weight is 1330 g/mol. The second kappa shape index (κ2) is 26.7. The number of nitrogens with one attached hydrogen (secondary N) is 1. The van der Waals surface area contributed by atoms with Gasteiger partial charge in [-0.1, -0.05) is 89.3 Å². The van der Waals surface area contributed by atoms with Gasteiger partial charge in [-0.15, -0.1) is 21.9 Å². The molecule has 0 radical (unpaired) electrons. The van der Waals surface area contributed by atoms with Crippen LogP contribution in [0.1, 0.15) is 84.0 Å². The zero-order chi connectivity index (χ0) is 67.5. The lowest BCUT2D eigenvalue weighted by molar-refractivity contribution is -0.810. The van der Waals surface area contributed by atoms with Crippen LogP contribution in [0.25, 0.3) is 43.1 Å². The van der Waals surface area contributed by atoms with E-state index in [2.05, 4.69) is 44.3 Å². The third-order valence-corrected chi connectivity index (χ3v) is 15.9. The SMILES string of the molecule is CCCCCCCCCCCCCC[NH+](C)c1ccccc1.Fc1c(F)c(F)c2c(F)c([B-](c3c(F)c(F)c4c(F)c(F)c(F)c(F)c4c3F)(c3c(F)c(F)c4c(F)c(F)c(F)c(F)c4c3F)c3c(F)c(F)c4c(F)c(F)c(F)c(F)c4c3F)c(F)c(F)c2c1F. The highest BCUT2D eigenvalue weighted by molar-refractivity contribution is 7.20. The van der Waals surface area contributed by atoms with Crippen LogP contribution in [0, 0.1) is 163 Å². The summed E-state index contributed by atoms with van der Waals surface area (Å²) in [5, 5.41) is -25.0. The molecule has 0 amide bonds. The minimum atomic E-state index is -7.99. The van der Waals surface area contributed by atoms with Crippen LogP contribution < -0.4 is 26.8 Å². The minimum absolute atomic E-state index is 1.27. The minimum Gasteiger partial charge on any atom is -0.305 e. The van der Waals surface area contributed by atoms with Gasteiger partial charge in [0.1, 0.15) is 58.4 Å². The quantitative estimate of drug-likeness (QED) is 0.0287. The molecule has 0 aromatic heterocycles. The molecule has 486 valence electrons. The molecule has 9 aromatic rings. The number of benzene rings is 9. The van der Waals surface area contributed by atoms with Crippen LogP contribution in [-0.4, -0.2) is 19.7 Å². The molecule has 1 atom stereocenters. The van der Waals surface area contributed by atoms with E-state index in [-0.39, 0.29) is 0 Å². The van der Waals surface area contributed by atoms with Crippen LogP contribution >= 0.6 is 0 Å². The van der Waals surface area contributed by atoms with Crippen LogP contribution in [0.15, 0.2) is 30.3 Å². The van der Waals surface area contributed by atoms with E-state index in [1.165, 1.54) is 89.3 Å². The molecule has 9 rings (SSSR count). The van der Waals surface area contributed by atoms with Gasteiger partial charge in [0.05, 0.1) is 56.7 Å². The summed E-state index contributed by atoms with van der Waals surface area (Å²) in [6.45, 7) is 3.56. The van der Waals surface area contributed by atoms with Gasteiger partial charge in [0.15, 0.2) is 116 Å². The van der Waals surface area contributed by atoms with Gasteiger partial charge >= 0.3 is 0 Å². The van der Waals surface area contributed by atoms with Gasteiger partial charge in [0.2, 0.25) is 0 Å². The van der Waals surface area contributed by atoms with Crippen LogP contribution in [0.5, 0.6) is 0 Å². The van der Waals surface area contributed by atoms with Gasteiger partial charge < -0.3 is 4.90 Å². The fourth-order valence-electron chi connectivity index (χ4n) is 11.5. The van der Waals surface area contributed by atoms with E-state index in [4.69, 9.17) is 0 Å². The number of quaternary nitrogens is 1. The van der Waals surface area contributed by atoms with Crippen molar-refractivity contribution in [1.29, 1.82) is 0 Å². The zero-order valence-electron chi connectivity index (χ0n) is 46.2. The number of hydrogen-bond donors (Lipinski definition) is 1. The van der Waals surface area contributed by atoms with Gasteiger partial charge in [-0.25, -0.2) is 123 Å². The lowest BCUT2D eigenvalue weighted by atomic mass is 9.12. The first-order valence-corrected chi connectivity index (χ1v) is 27.2. The molecule has 30 heteroatoms. The van der Waals surface area contributed by atoms with Gasteiger partial charge in [-0.2, -0.15) is 0 Å². The predicted molar refractivity (Wildman–Crippen MR) is 278 cm³/mol. The highest BCUT2D eigenvalue weighted by Gasteiger charge is 2.52. The highest BCUT2D eigenvalue weighted by atomic mass is 19.2. The van der Waals surface area contributed by atoms with E-state index < -0.39 is 234 Å². The van der Waals surface area contributed by atoms with Crippen molar-refractivity contribution in [2.24, 2.45) is 0 Å². The van der Waals surface area contributed by atoms with Crippen molar-refractivity contribution < 1.29 is 128 Å². The van der Waals surface area contributed by atoms with E-state index >= 15 is 87.8 Å². The molecule has 0 aliphatic carbocycles. The molecule has 1 N–H and O–H groups in total. The maximum absolute atomic E-state index is 17.4. The maximum atomic E-state index is 17.4. The fraction of sp³-hybridized carbons (Fsp3) is 0.246. The predicted octanol–water partition coefficient (Wildman–Crippen LogP) is 17.1. The van der Waals surface area contributed by atoms with Gasteiger partial charge in [0.25, 0.3) is 0 Å². The number of fused-ring (bicyclic) bond motifs is 4. The zero-order valence-corrected chi connectivity index (χ0v) is 46.2. The second-order valence-corrected chi connectivity index (χ2v) is 21.1. The summed E-state index contributed by atoms with van der Waals surface area (Å²) in [5.41, 5.74) is -14.5. The summed E-state index contributed by atoms with van der Waals surface area (Å²) in [4.78, 5) is 1.55. The topological polar surface area (TPSA) is 4.44 Å². The van der Waals surface area contributed by atoms with E-state index in [0.717, 1.165) is 0 Å². The van der Waals surface area contributed by atoms with Crippen molar-refractivity contribution >= 4 is 76.8 Å². The van der Waals surface area contributed by atoms with Crippen LogP contribution in [0.2, 0.25) is 0 Å². The summed E-state index contributed by atoms with van der Waals surface area (Å²) in [5.74, 6) is -102. The molecule has 0 fully saturated rings. The third kappa shape index (κ3) is 11.1. The Morgan fingerprint density at radius 2 is 0.418 bits per heavy atom. The van der Waals surface area contributed by atoms with Crippen LogP contribution in [0.4, 0.5) is 129 Å². The lowest BCUT2D eigenvalue weighted by Crippen LogP contribution is -3.03. The first kappa shape index (κ1) is 69.0. The maximum Gasteiger partial charge on any atom is 0.198 e. The Kier molecular flexibility index (Phi) is 20.3. The highest BCUT2D eigenvalue weighted by Crippen LogP contribution is 2.41. The Bertz CT molecular complexity index is 3930. The standard InChI is InChI=1S/C40BF28.C21H37N/c42-13-1-5(25(54)37(66)33(62)21(1)50)17(46)29(58)9(13)41(10-14(43)2-6(18(47)30(10)59)26(55)38(67)34(63)22(2)51,11-15(44)3-7(19(48)31(11)60)27(56)39(68)35(64)23(3)52)12-16(45)4-8(20(49)32(12)61)28(57)40(69)36(65)24(4)53;1-3-4-5-6-7-8-9-10-11-12-13-17-20-22(2)21-18-15-14-16-19-21/h;14-16,18-19H,3-13,17,20H2,1-2H3/q-1;/p+1. The van der Waals surface area contributed by atoms with Gasteiger partial charge in [-0.05, 0) is 25.0 Å². The number of halogens is 28. The van der Waals surface area contributed by atoms with E-state index in [1.807, 2.05) is 0 Å². The fourth-order valence-corrected chi connectivity index (χ4v) is 11.5. The normalized spacial score (nSPS) is 12.4. The van der Waals surface area contributed by atoms with Crippen molar-refractivity contribution in [2.45, 2.75) is 84.0 Å². The number of unbranched alkanes of at least 4 members (excludes halogenated alkanes) is 11. The molecule has 0 saturated heterocycles. The molecule has 1 unspecified atom stereocenters. The number of hydrogen-bond acceptors (Lipinski definition) is 0. The van der Waals surface area contributed by atoms with Crippen LogP contribution in [-0.2, 0) is 0 Å². The first-order valence-electron chi connectivity index (χ1n) is 27.2. The molecular formula is C61H38BF28N. The molecule has 1 nitrogen and oxygen atoms in total. The summed E-state index contributed by atoms with van der Waals surface area (Å²) in [6, 6.07) is 10.8. The smallest absolute Gasteiger partial charge is 0.198 e. The molecular weight excluding hydrogens is 1290 g/mol. The van der Waals surface area contributed by atoms with Gasteiger partial charge in [0, 0.05) is 0 Å². The van der Waals surface area contributed by atoms with Crippen molar-refractivity contribution in [2.75, 3.05) is 13.6 Å². The first-order chi connectivity index (χ1) is 42.8. The average Bonchev–Trinajstić information content (AvgIpc) is 0.671. The molecule has 0 heterocycles.